The molecule has 3 rings (SSSR count). The van der Waals surface area contributed by atoms with Crippen LogP contribution >= 0.6 is 11.8 Å². The second-order valence-electron chi connectivity index (χ2n) is 6.89. The van der Waals surface area contributed by atoms with Gasteiger partial charge in [0.05, 0.1) is 26.0 Å². The Morgan fingerprint density at radius 2 is 1.97 bits per heavy atom. The number of amides is 1. The fraction of sp³-hybridized carbons (Fsp3) is 0.500. The van der Waals surface area contributed by atoms with Crippen LogP contribution in [0.1, 0.15) is 32.1 Å². The van der Waals surface area contributed by atoms with Crippen LogP contribution in [-0.2, 0) is 4.79 Å². The third kappa shape index (κ3) is 4.48. The van der Waals surface area contributed by atoms with E-state index in [1.165, 1.54) is 11.8 Å². The maximum atomic E-state index is 12.6. The van der Waals surface area contributed by atoms with Crippen LogP contribution in [0.15, 0.2) is 27.8 Å². The molecule has 0 bridgehead atoms. The molecule has 2 aromatic rings. The highest BCUT2D eigenvalue weighted by atomic mass is 32.2. The van der Waals surface area contributed by atoms with Crippen molar-refractivity contribution in [3.63, 3.8) is 0 Å². The van der Waals surface area contributed by atoms with Crippen molar-refractivity contribution in [2.75, 3.05) is 27.0 Å². The lowest BCUT2D eigenvalue weighted by Crippen LogP contribution is -2.50. The summed E-state index contributed by atoms with van der Waals surface area (Å²) in [6.45, 7) is 0. The largest absolute Gasteiger partial charge is 0.493 e. The maximum Gasteiger partial charge on any atom is 0.277 e. The summed E-state index contributed by atoms with van der Waals surface area (Å²) in [5, 5.41) is 18.0. The molecule has 8 nitrogen and oxygen atoms in total. The van der Waals surface area contributed by atoms with Gasteiger partial charge in [0, 0.05) is 12.6 Å². The van der Waals surface area contributed by atoms with E-state index in [4.69, 9.17) is 13.9 Å². The summed E-state index contributed by atoms with van der Waals surface area (Å²) >= 11 is 1.17. The summed E-state index contributed by atoms with van der Waals surface area (Å²) < 4.78 is 16.2. The van der Waals surface area contributed by atoms with Gasteiger partial charge in [0.1, 0.15) is 5.54 Å². The molecule has 1 aliphatic carbocycles. The second-order valence-corrected chi connectivity index (χ2v) is 7.81. The van der Waals surface area contributed by atoms with Crippen molar-refractivity contribution in [2.24, 2.45) is 0 Å². The molecule has 1 aromatic carbocycles. The number of rotatable bonds is 7. The number of nitrogens with zero attached hydrogens (tertiary/aromatic N) is 4. The third-order valence-corrected chi connectivity index (χ3v) is 6.06. The standard InChI is InChI=1S/C20H24N4O4S/c1-24(20(13-21)9-5-4-6-10-20)17(25)12-29-19-23-22-18(28-19)14-7-8-15(26-2)16(11-14)27-3/h7-8,11H,4-6,9-10,12H2,1-3H3. The minimum Gasteiger partial charge on any atom is -0.493 e. The van der Waals surface area contributed by atoms with Gasteiger partial charge in [0.15, 0.2) is 11.5 Å². The van der Waals surface area contributed by atoms with Gasteiger partial charge in [-0.05, 0) is 31.0 Å². The minimum absolute atomic E-state index is 0.121. The van der Waals surface area contributed by atoms with E-state index >= 15 is 0 Å². The number of aromatic nitrogens is 2. The van der Waals surface area contributed by atoms with Crippen LogP contribution in [0, 0.1) is 11.3 Å². The van der Waals surface area contributed by atoms with Crippen LogP contribution in [0.4, 0.5) is 0 Å². The first kappa shape index (κ1) is 21.0. The molecule has 0 atom stereocenters. The second kappa shape index (κ2) is 9.18. The monoisotopic (exact) mass is 416 g/mol. The van der Waals surface area contributed by atoms with Gasteiger partial charge >= 0.3 is 0 Å². The normalized spacial score (nSPS) is 15.4. The van der Waals surface area contributed by atoms with Crippen LogP contribution in [0.5, 0.6) is 11.5 Å². The molecule has 1 saturated carbocycles. The predicted octanol–water partition coefficient (Wildman–Crippen LogP) is 3.53. The third-order valence-electron chi connectivity index (χ3n) is 5.26. The molecule has 0 unspecified atom stereocenters. The Balaban J connectivity index is 1.65. The Morgan fingerprint density at radius 1 is 1.24 bits per heavy atom. The average molecular weight is 417 g/mol. The molecule has 1 fully saturated rings. The first-order valence-electron chi connectivity index (χ1n) is 9.39. The van der Waals surface area contributed by atoms with E-state index in [1.54, 1.807) is 44.4 Å². The van der Waals surface area contributed by atoms with Crippen LogP contribution in [0.25, 0.3) is 11.5 Å². The Morgan fingerprint density at radius 3 is 2.62 bits per heavy atom. The highest BCUT2D eigenvalue weighted by Gasteiger charge is 2.38. The Bertz CT molecular complexity index is 902. The summed E-state index contributed by atoms with van der Waals surface area (Å²) in [4.78, 5) is 14.2. The number of carbonyl (C=O) groups is 1. The molecule has 1 aromatic heterocycles. The van der Waals surface area contributed by atoms with Crippen molar-refractivity contribution in [1.82, 2.24) is 15.1 Å². The van der Waals surface area contributed by atoms with Gasteiger partial charge in [-0.2, -0.15) is 5.26 Å². The zero-order valence-corrected chi connectivity index (χ0v) is 17.6. The highest BCUT2D eigenvalue weighted by Crippen LogP contribution is 2.34. The van der Waals surface area contributed by atoms with Crippen molar-refractivity contribution in [1.29, 1.82) is 5.26 Å². The fourth-order valence-electron chi connectivity index (χ4n) is 3.47. The van der Waals surface area contributed by atoms with E-state index < -0.39 is 5.54 Å². The molecule has 29 heavy (non-hydrogen) atoms. The topological polar surface area (TPSA) is 101 Å². The lowest BCUT2D eigenvalue weighted by Gasteiger charge is -2.38. The molecule has 9 heteroatoms. The van der Waals surface area contributed by atoms with Crippen LogP contribution in [0.3, 0.4) is 0 Å². The fourth-order valence-corrected chi connectivity index (χ4v) is 4.15. The molecule has 1 aliphatic rings. The smallest absolute Gasteiger partial charge is 0.277 e. The van der Waals surface area contributed by atoms with E-state index in [2.05, 4.69) is 16.3 Å². The Labute approximate surface area is 174 Å². The quantitative estimate of drug-likeness (QED) is 0.632. The van der Waals surface area contributed by atoms with E-state index in [1.807, 2.05) is 0 Å². The molecule has 0 N–H and O–H groups in total. The molecule has 1 amide bonds. The highest BCUT2D eigenvalue weighted by molar-refractivity contribution is 7.99. The Kier molecular flexibility index (Phi) is 6.64. The van der Waals surface area contributed by atoms with Crippen molar-refractivity contribution >= 4 is 17.7 Å². The van der Waals surface area contributed by atoms with E-state index in [0.717, 1.165) is 32.1 Å². The SMILES string of the molecule is COc1ccc(-c2nnc(SCC(=O)N(C)C3(C#N)CCCCC3)o2)cc1OC. The van der Waals surface area contributed by atoms with E-state index in [9.17, 15) is 10.1 Å². The zero-order valence-electron chi connectivity index (χ0n) is 16.8. The van der Waals surface area contributed by atoms with Gasteiger partial charge < -0.3 is 18.8 Å². The molecule has 0 saturated heterocycles. The summed E-state index contributed by atoms with van der Waals surface area (Å²) in [6, 6.07) is 7.67. The minimum atomic E-state index is -0.699. The van der Waals surface area contributed by atoms with Gasteiger partial charge in [0.2, 0.25) is 11.8 Å². The van der Waals surface area contributed by atoms with Gasteiger partial charge in [-0.15, -0.1) is 10.2 Å². The van der Waals surface area contributed by atoms with Crippen LogP contribution in [-0.4, -0.2) is 53.6 Å². The van der Waals surface area contributed by atoms with E-state index in [-0.39, 0.29) is 11.7 Å². The number of carbonyl (C=O) groups excluding carboxylic acids is 1. The van der Waals surface area contributed by atoms with Crippen molar-refractivity contribution in [3.8, 4) is 29.0 Å². The number of benzene rings is 1. The summed E-state index contributed by atoms with van der Waals surface area (Å²) in [6.07, 6.45) is 4.50. The molecule has 154 valence electrons. The molecular weight excluding hydrogens is 392 g/mol. The number of nitriles is 1. The Hall–Kier alpha value is -2.73. The average Bonchev–Trinajstić information content (AvgIpc) is 3.25. The molecule has 0 radical (unpaired) electrons. The lowest BCUT2D eigenvalue weighted by molar-refractivity contribution is -0.131. The number of thioether (sulfide) groups is 1. The molecular formula is C20H24N4O4S. The summed E-state index contributed by atoms with van der Waals surface area (Å²) in [5.74, 6) is 1.50. The first-order chi connectivity index (χ1) is 14.0. The molecule has 1 heterocycles. The van der Waals surface area contributed by atoms with Gasteiger partial charge in [-0.25, -0.2) is 0 Å². The van der Waals surface area contributed by atoms with Crippen molar-refractivity contribution in [2.45, 2.75) is 42.9 Å². The van der Waals surface area contributed by atoms with E-state index in [0.29, 0.717) is 28.2 Å². The maximum absolute atomic E-state index is 12.6. The summed E-state index contributed by atoms with van der Waals surface area (Å²) in [7, 11) is 4.83. The number of methoxy groups -OCH3 is 2. The van der Waals surface area contributed by atoms with Gasteiger partial charge in [-0.3, -0.25) is 4.79 Å². The van der Waals surface area contributed by atoms with Crippen LogP contribution < -0.4 is 9.47 Å². The number of ether oxygens (including phenoxy) is 2. The van der Waals surface area contributed by atoms with Crippen molar-refractivity contribution in [3.05, 3.63) is 18.2 Å². The first-order valence-corrected chi connectivity index (χ1v) is 10.4. The molecule has 0 aliphatic heterocycles. The van der Waals surface area contributed by atoms with Gasteiger partial charge in [0.25, 0.3) is 5.22 Å². The number of hydrogen-bond donors (Lipinski definition) is 0. The predicted molar refractivity (Wildman–Crippen MR) is 108 cm³/mol. The lowest BCUT2D eigenvalue weighted by atomic mass is 9.81. The zero-order chi connectivity index (χ0) is 20.9. The van der Waals surface area contributed by atoms with Crippen LogP contribution in [0.2, 0.25) is 0 Å². The number of hydrogen-bond acceptors (Lipinski definition) is 8. The van der Waals surface area contributed by atoms with Crippen molar-refractivity contribution < 1.29 is 18.7 Å². The van der Waals surface area contributed by atoms with Gasteiger partial charge in [-0.1, -0.05) is 31.0 Å². The molecule has 0 spiro atoms. The summed E-state index contributed by atoms with van der Waals surface area (Å²) in [5.41, 5.74) is -0.00805.